The van der Waals surface area contributed by atoms with E-state index < -0.39 is 115 Å². The fraction of sp³-hybridized carbons (Fsp3) is 0.514. The molecule has 1 saturated heterocycles. The van der Waals surface area contributed by atoms with Crippen molar-refractivity contribution in [1.29, 1.82) is 0 Å². The summed E-state index contributed by atoms with van der Waals surface area (Å²) in [5.74, 6) is -4.74. The Bertz CT molecular complexity index is 3860. The average Bonchev–Trinajstić information content (AvgIpc) is 1.64. The number of allylic oxidation sites excluding steroid dienone is 1. The fourth-order valence-corrected chi connectivity index (χ4v) is 13.2. The summed E-state index contributed by atoms with van der Waals surface area (Å²) in [5.41, 5.74) is 5.18. The summed E-state index contributed by atoms with van der Waals surface area (Å²) in [7, 11) is -3.91. The Morgan fingerprint density at radius 1 is 0.758 bits per heavy atom. The number of imidazole rings is 1. The number of imide groups is 1. The number of halogens is 2. The topological polar surface area (TPSA) is 311 Å². The summed E-state index contributed by atoms with van der Waals surface area (Å²) in [5, 5.41) is 8.20. The number of hydrogen-bond donors (Lipinski definition) is 4. The normalized spacial score (nSPS) is 17.4. The molecule has 6 amide bonds. The van der Waals surface area contributed by atoms with Crippen molar-refractivity contribution in [2.45, 2.75) is 181 Å². The van der Waals surface area contributed by atoms with Gasteiger partial charge in [-0.3, -0.25) is 71.3 Å². The van der Waals surface area contributed by atoms with E-state index in [1.807, 2.05) is 60.7 Å². The molecule has 1 aromatic heterocycles. The van der Waals surface area contributed by atoms with Crippen LogP contribution in [0.15, 0.2) is 95.8 Å². The third-order valence-corrected chi connectivity index (χ3v) is 19.4. The van der Waals surface area contributed by atoms with E-state index in [1.54, 1.807) is 25.5 Å². The van der Waals surface area contributed by atoms with Gasteiger partial charge in [0, 0.05) is 64.4 Å². The van der Waals surface area contributed by atoms with Crippen molar-refractivity contribution in [2.24, 2.45) is 23.6 Å². The number of carbonyl (C=O) groups is 8. The van der Waals surface area contributed by atoms with Crippen LogP contribution in [0.5, 0.6) is 0 Å². The second kappa shape index (κ2) is 33.7. The minimum Gasteiger partial charge on any atom is -0.438 e. The Labute approximate surface area is 574 Å². The lowest BCUT2D eigenvalue weighted by Gasteiger charge is -2.31. The van der Waals surface area contributed by atoms with Gasteiger partial charge in [-0.05, 0) is 165 Å². The van der Waals surface area contributed by atoms with Crippen molar-refractivity contribution in [2.75, 3.05) is 44.9 Å². The lowest BCUT2D eigenvalue weighted by molar-refractivity contribution is -0.163. The number of fused-ring (bicyclic) bond motifs is 1. The van der Waals surface area contributed by atoms with Crippen LogP contribution in [-0.2, 0) is 121 Å². The van der Waals surface area contributed by atoms with Crippen LogP contribution in [0.3, 0.4) is 0 Å². The summed E-state index contributed by atoms with van der Waals surface area (Å²) < 4.78 is 87.5. The Hall–Kier alpha value is -8.26. The third kappa shape index (κ3) is 19.6. The molecule has 99 heavy (non-hydrogen) atoms. The molecule has 5 atom stereocenters. The number of anilines is 1. The van der Waals surface area contributed by atoms with Gasteiger partial charge in [0.1, 0.15) is 18.1 Å². The second-order valence-corrected chi connectivity index (χ2v) is 29.4. The molecule has 1 unspecified atom stereocenters. The maximum absolute atomic E-state index is 16.3. The number of esters is 2. The van der Waals surface area contributed by atoms with E-state index in [-0.39, 0.29) is 56.7 Å². The lowest BCUT2D eigenvalue weighted by atomic mass is 9.98. The maximum atomic E-state index is 16.3. The highest BCUT2D eigenvalue weighted by Gasteiger charge is 2.56. The van der Waals surface area contributed by atoms with Crippen molar-refractivity contribution in [3.05, 3.63) is 140 Å². The first-order valence-corrected chi connectivity index (χ1v) is 35.0. The molecule has 0 aliphatic carbocycles. The molecule has 3 aliphatic heterocycles. The number of amides is 6. The molecular weight excluding hydrogens is 1300 g/mol. The highest BCUT2D eigenvalue weighted by Crippen LogP contribution is 2.67. The fourth-order valence-electron chi connectivity index (χ4n) is 11.9. The van der Waals surface area contributed by atoms with Crippen molar-refractivity contribution in [1.82, 2.24) is 25.1 Å². The molecule has 5 aromatic rings. The largest absolute Gasteiger partial charge is 0.438 e. The molecule has 1 fully saturated rings. The first kappa shape index (κ1) is 76.5. The van der Waals surface area contributed by atoms with E-state index in [2.05, 4.69) is 16.0 Å². The molecule has 8 rings (SSSR count). The summed E-state index contributed by atoms with van der Waals surface area (Å²) in [6, 6.07) is 20.1. The molecule has 27 heteroatoms. The van der Waals surface area contributed by atoms with Crippen molar-refractivity contribution >= 4 is 77.3 Å². The number of unbranched alkanes of at least 4 members (excludes halogenated alkanes) is 1. The van der Waals surface area contributed by atoms with Gasteiger partial charge in [-0.25, -0.2) is 4.79 Å². The van der Waals surface area contributed by atoms with E-state index in [1.165, 1.54) is 69.2 Å². The third-order valence-electron chi connectivity index (χ3n) is 17.6. The highest BCUT2D eigenvalue weighted by molar-refractivity contribution is 7.54. The first-order valence-electron chi connectivity index (χ1n) is 33.5. The molecule has 0 radical (unpaired) electrons. The van der Waals surface area contributed by atoms with Gasteiger partial charge < -0.3 is 40.1 Å². The summed E-state index contributed by atoms with van der Waals surface area (Å²) in [4.78, 5) is 119. The van der Waals surface area contributed by atoms with Gasteiger partial charge in [0.15, 0.2) is 0 Å². The van der Waals surface area contributed by atoms with Crippen molar-refractivity contribution in [3.8, 4) is 0 Å². The van der Waals surface area contributed by atoms with Crippen molar-refractivity contribution < 1.29 is 84.4 Å². The number of primary amides is 1. The van der Waals surface area contributed by atoms with E-state index in [0.717, 1.165) is 77.6 Å². The van der Waals surface area contributed by atoms with Gasteiger partial charge in [-0.2, -0.15) is 8.78 Å². The first-order chi connectivity index (χ1) is 46.9. The molecule has 5 N–H and O–H groups in total. The van der Waals surface area contributed by atoms with Crippen LogP contribution < -0.4 is 32.3 Å². The van der Waals surface area contributed by atoms with Crippen LogP contribution in [0, 0.1) is 10.8 Å². The predicted molar refractivity (Wildman–Crippen MR) is 363 cm³/mol. The van der Waals surface area contributed by atoms with Crippen molar-refractivity contribution in [3.63, 3.8) is 0 Å². The number of nitrogens with one attached hydrogen (secondary N) is 3. The molecule has 3 aliphatic rings. The Kier molecular flexibility index (Phi) is 26.1. The van der Waals surface area contributed by atoms with Gasteiger partial charge in [-0.1, -0.05) is 78.9 Å². The zero-order valence-electron chi connectivity index (χ0n) is 57.8. The van der Waals surface area contributed by atoms with E-state index in [9.17, 15) is 47.7 Å². The van der Waals surface area contributed by atoms with Crippen LogP contribution in [0.4, 0.5) is 14.5 Å². The number of aromatic nitrogens is 2. The summed E-state index contributed by atoms with van der Waals surface area (Å²) in [6.45, 7) is 12.6. The number of aryl methyl sites for hydroxylation is 4. The van der Waals surface area contributed by atoms with E-state index >= 15 is 8.78 Å². The number of nitrogens with zero attached hydrogens (tertiary/aromatic N) is 3. The molecule has 0 bridgehead atoms. The van der Waals surface area contributed by atoms with Gasteiger partial charge in [0.25, 0.3) is 0 Å². The van der Waals surface area contributed by atoms with Crippen LogP contribution in [0.25, 0.3) is 16.6 Å². The van der Waals surface area contributed by atoms with E-state index in [4.69, 9.17) is 38.5 Å². The van der Waals surface area contributed by atoms with Crippen LogP contribution in [0.2, 0.25) is 0 Å². The maximum Gasteiger partial charge on any atom is 0.410 e. The predicted octanol–water partition coefficient (Wildman–Crippen LogP) is 9.21. The molecule has 536 valence electrons. The molecule has 0 spiro atoms. The standard InChI is InChI=1S/C72H92F2N7O17P/c1-45(49-26-29-53(30-27-49)72(73,74)99(91,97-43-95-67(88)70(3,4)5)98-44-96-68(89)71(6,7)8)40-61(84)76-55-31-28-51-17-12-19-52-41-58(81(62(51)52)66(55)87)65(86)77-54(32-34-59(75)82)46(2)94-42-48-24-22-47(23-25-48)16-14-38-92-36-10-11-37-93-39-15-20-50-18-13-21-56-63(50)79(9)69(90)80(56)57-33-35-60(83)78-64(57)85/h12-13,17-19,21-27,29-30,40,46,54-55,57-58H,10-11,14-16,20,28,31-39,41-44H2,1-9H3,(H2,75,82)(H,76,84)(H,77,86)(H,78,83,85)/b45-40+/t46-,54+,55+,57?,58+/m1/s1. The van der Waals surface area contributed by atoms with Gasteiger partial charge in [0.2, 0.25) is 49.0 Å². The lowest BCUT2D eigenvalue weighted by Crippen LogP contribution is -2.56. The smallest absolute Gasteiger partial charge is 0.410 e. The number of carbonyl (C=O) groups excluding carboxylic acids is 8. The van der Waals surface area contributed by atoms with Gasteiger partial charge >= 0.3 is 30.9 Å². The second-order valence-electron chi connectivity index (χ2n) is 27.3. The minimum atomic E-state index is -5.60. The molecular formula is C72H92F2N7O17P. The monoisotopic (exact) mass is 1400 g/mol. The zero-order chi connectivity index (χ0) is 72.0. The minimum absolute atomic E-state index is 0.0521. The van der Waals surface area contributed by atoms with Crippen LogP contribution >= 0.6 is 7.60 Å². The number of ether oxygens (including phenoxy) is 5. The summed E-state index contributed by atoms with van der Waals surface area (Å²) in [6.07, 6.45) is 6.65. The Morgan fingerprint density at radius 3 is 1.97 bits per heavy atom. The quantitative estimate of drug-likeness (QED) is 0.00744. The van der Waals surface area contributed by atoms with Gasteiger partial charge in [-0.15, -0.1) is 0 Å². The number of benzene rings is 4. The van der Waals surface area contributed by atoms with Crippen LogP contribution in [0.1, 0.15) is 158 Å². The summed E-state index contributed by atoms with van der Waals surface area (Å²) >= 11 is 0. The number of hydrogen-bond acceptors (Lipinski definition) is 17. The number of alkyl halides is 2. The number of nitrogens with two attached hydrogens (primary N) is 1. The number of para-hydroxylation sites is 2. The van der Waals surface area contributed by atoms with E-state index in [0.29, 0.717) is 61.6 Å². The molecule has 0 saturated carbocycles. The highest BCUT2D eigenvalue weighted by atomic mass is 31.2. The molecule has 4 heterocycles. The Balaban J connectivity index is 0.782. The number of rotatable bonds is 34. The van der Waals surface area contributed by atoms with Gasteiger partial charge in [0.05, 0.1) is 46.3 Å². The Morgan fingerprint density at radius 2 is 1.35 bits per heavy atom. The molecule has 24 nitrogen and oxygen atoms in total. The van der Waals surface area contributed by atoms with Crippen LogP contribution in [-0.4, -0.2) is 121 Å². The molecule has 4 aromatic carbocycles. The zero-order valence-corrected chi connectivity index (χ0v) is 58.6. The average molecular weight is 1400 g/mol. The number of piperidine rings is 1. The SMILES string of the molecule is C/C(=C\C(=O)N[C@H]1CCc2cccc3c2N(C1=O)[C@H](C(=O)N[C@@H](CCC(N)=O)[C@@H](C)OCc1ccc(CCCOCCCCOCCCc2cccc4c2n(C)c(=O)n4C2CCC(=O)NC2=O)cc1)C3)c1ccc(C(F)(F)P(=O)(OCOC(=O)C(C)(C)C)OCOC(=O)C(C)(C)C)cc1.